The summed E-state index contributed by atoms with van der Waals surface area (Å²) < 4.78 is 30.0. The summed E-state index contributed by atoms with van der Waals surface area (Å²) in [6.07, 6.45) is 2.21. The number of aryl methyl sites for hydroxylation is 1. The van der Waals surface area contributed by atoms with E-state index in [1.807, 2.05) is 0 Å². The second-order valence-corrected chi connectivity index (χ2v) is 7.71. The van der Waals surface area contributed by atoms with E-state index in [1.165, 1.54) is 4.57 Å². The number of aliphatic hydroxyl groups excluding tert-OH is 1. The van der Waals surface area contributed by atoms with E-state index in [0.29, 0.717) is 23.4 Å². The number of nitrogens with zero attached hydrogens (tertiary/aromatic N) is 3. The zero-order chi connectivity index (χ0) is 20.2. The van der Waals surface area contributed by atoms with Gasteiger partial charge < -0.3 is 9.67 Å². The van der Waals surface area contributed by atoms with Crippen LogP contribution in [0.5, 0.6) is 0 Å². The first-order valence-corrected chi connectivity index (χ1v) is 9.37. The number of Topliss-reactive ketones (excluding diaryl/α,β-unsaturated/α-hetero) is 1. The van der Waals surface area contributed by atoms with Gasteiger partial charge in [0.15, 0.2) is 5.78 Å². The van der Waals surface area contributed by atoms with Gasteiger partial charge in [-0.1, -0.05) is 0 Å². The first-order chi connectivity index (χ1) is 13.3. The molecule has 146 valence electrons. The average Bonchev–Trinajstić information content (AvgIpc) is 3.27. The molecule has 2 aromatic rings. The molecule has 2 fully saturated rings. The van der Waals surface area contributed by atoms with Gasteiger partial charge in [0, 0.05) is 35.1 Å². The van der Waals surface area contributed by atoms with Crippen LogP contribution in [0.2, 0.25) is 0 Å². The predicted octanol–water partition coefficient (Wildman–Crippen LogP) is 3.02. The highest BCUT2D eigenvalue weighted by Crippen LogP contribution is 2.37. The Balaban J connectivity index is 1.66. The standard InChI is InChI=1S/C21H21F2N3O2/c1-11-5-15(21(28)10-25-14-3-4-18(25)20(27)7-14)12(2)26(11)19-8-16(22)13(9-24)6-17(19)23/h5-6,8,14,18,20,27H,3-4,7,10H2,1-2H3/t14?,18?,20-/m0/s1. The summed E-state index contributed by atoms with van der Waals surface area (Å²) in [7, 11) is 0. The Labute approximate surface area is 161 Å². The van der Waals surface area contributed by atoms with Crippen LogP contribution >= 0.6 is 0 Å². The van der Waals surface area contributed by atoms with Crippen LogP contribution in [-0.2, 0) is 0 Å². The van der Waals surface area contributed by atoms with Crippen LogP contribution in [0.4, 0.5) is 8.78 Å². The molecule has 1 N–H and O–H groups in total. The van der Waals surface area contributed by atoms with Gasteiger partial charge in [-0.3, -0.25) is 9.69 Å². The molecule has 2 aliphatic heterocycles. The lowest BCUT2D eigenvalue weighted by molar-refractivity contribution is 0.0873. The summed E-state index contributed by atoms with van der Waals surface area (Å²) in [5.74, 6) is -1.62. The van der Waals surface area contributed by atoms with Crippen molar-refractivity contribution < 1.29 is 18.7 Å². The molecule has 0 aliphatic carbocycles. The molecule has 1 aromatic heterocycles. The smallest absolute Gasteiger partial charge is 0.178 e. The molecule has 2 aliphatic rings. The Hall–Kier alpha value is -2.56. The summed E-state index contributed by atoms with van der Waals surface area (Å²) in [5, 5.41) is 18.9. The molecule has 0 spiro atoms. The van der Waals surface area contributed by atoms with Crippen LogP contribution in [-0.4, -0.2) is 45.1 Å². The third-order valence-electron chi connectivity index (χ3n) is 6.10. The van der Waals surface area contributed by atoms with Crippen molar-refractivity contribution in [1.82, 2.24) is 9.47 Å². The third-order valence-corrected chi connectivity index (χ3v) is 6.10. The number of aromatic nitrogens is 1. The lowest BCUT2D eigenvalue weighted by Gasteiger charge is -2.21. The number of ketones is 1. The SMILES string of the molecule is Cc1cc(C(=O)CN2C3CCC2[C@@H](O)C3)c(C)n1-c1cc(F)c(C#N)cc1F. The van der Waals surface area contributed by atoms with Crippen LogP contribution in [0.25, 0.3) is 5.69 Å². The monoisotopic (exact) mass is 385 g/mol. The molecule has 3 atom stereocenters. The zero-order valence-electron chi connectivity index (χ0n) is 15.7. The molecule has 1 aromatic carbocycles. The normalized spacial score (nSPS) is 23.9. The van der Waals surface area contributed by atoms with E-state index in [-0.39, 0.29) is 41.8 Å². The van der Waals surface area contributed by atoms with Crippen molar-refractivity contribution in [2.45, 2.75) is 51.3 Å². The van der Waals surface area contributed by atoms with E-state index in [0.717, 1.165) is 25.0 Å². The fourth-order valence-electron chi connectivity index (χ4n) is 4.77. The van der Waals surface area contributed by atoms with Gasteiger partial charge in [0.05, 0.1) is 23.9 Å². The molecular weight excluding hydrogens is 364 g/mol. The Bertz CT molecular complexity index is 1010. The van der Waals surface area contributed by atoms with E-state index < -0.39 is 11.6 Å². The highest BCUT2D eigenvalue weighted by atomic mass is 19.1. The maximum absolute atomic E-state index is 14.5. The number of rotatable bonds is 4. The van der Waals surface area contributed by atoms with Gasteiger partial charge in [-0.05, 0) is 45.2 Å². The summed E-state index contributed by atoms with van der Waals surface area (Å²) in [6, 6.07) is 5.42. The second kappa shape index (κ2) is 6.80. The van der Waals surface area contributed by atoms with E-state index in [1.54, 1.807) is 26.0 Å². The molecule has 7 heteroatoms. The largest absolute Gasteiger partial charge is 0.391 e. The Morgan fingerprint density at radius 1 is 1.25 bits per heavy atom. The topological polar surface area (TPSA) is 69.3 Å². The number of carbonyl (C=O) groups is 1. The number of nitriles is 1. The maximum atomic E-state index is 14.5. The molecule has 4 rings (SSSR count). The average molecular weight is 385 g/mol. The van der Waals surface area contributed by atoms with Gasteiger partial charge >= 0.3 is 0 Å². The van der Waals surface area contributed by atoms with Crippen molar-refractivity contribution in [3.05, 3.63) is 52.3 Å². The van der Waals surface area contributed by atoms with Gasteiger partial charge in [-0.2, -0.15) is 5.26 Å². The van der Waals surface area contributed by atoms with Gasteiger partial charge in [0.2, 0.25) is 0 Å². The van der Waals surface area contributed by atoms with Crippen LogP contribution in [0.1, 0.15) is 46.6 Å². The lowest BCUT2D eigenvalue weighted by Crippen LogP contribution is -2.36. The quantitative estimate of drug-likeness (QED) is 0.822. The van der Waals surface area contributed by atoms with Gasteiger partial charge in [0.25, 0.3) is 0 Å². The molecule has 5 nitrogen and oxygen atoms in total. The molecule has 28 heavy (non-hydrogen) atoms. The van der Waals surface area contributed by atoms with Crippen molar-refractivity contribution in [3.8, 4) is 11.8 Å². The molecule has 2 bridgehead atoms. The first-order valence-electron chi connectivity index (χ1n) is 9.37. The number of halogens is 2. The minimum absolute atomic E-state index is 0.0257. The van der Waals surface area contributed by atoms with Crippen molar-refractivity contribution >= 4 is 5.78 Å². The Kier molecular flexibility index (Phi) is 4.56. The fraction of sp³-hybridized carbons (Fsp3) is 0.429. The number of hydrogen-bond acceptors (Lipinski definition) is 4. The summed E-state index contributed by atoms with van der Waals surface area (Å²) in [4.78, 5) is 15.0. The van der Waals surface area contributed by atoms with E-state index in [9.17, 15) is 18.7 Å². The van der Waals surface area contributed by atoms with Gasteiger partial charge in [-0.15, -0.1) is 0 Å². The van der Waals surface area contributed by atoms with Gasteiger partial charge in [-0.25, -0.2) is 8.78 Å². The minimum Gasteiger partial charge on any atom is -0.391 e. The maximum Gasteiger partial charge on any atom is 0.178 e. The van der Waals surface area contributed by atoms with Crippen LogP contribution in [0.3, 0.4) is 0 Å². The van der Waals surface area contributed by atoms with E-state index in [2.05, 4.69) is 4.90 Å². The summed E-state index contributed by atoms with van der Waals surface area (Å²) in [6.45, 7) is 3.63. The van der Waals surface area contributed by atoms with E-state index in [4.69, 9.17) is 5.26 Å². The lowest BCUT2D eigenvalue weighted by atomic mass is 9.98. The number of hydrogen-bond donors (Lipinski definition) is 1. The van der Waals surface area contributed by atoms with Crippen LogP contribution in [0, 0.1) is 36.8 Å². The van der Waals surface area contributed by atoms with E-state index >= 15 is 0 Å². The van der Waals surface area contributed by atoms with Crippen molar-refractivity contribution in [2.75, 3.05) is 6.54 Å². The molecular formula is C21H21F2N3O2. The number of carbonyl (C=O) groups excluding carboxylic acids is 1. The van der Waals surface area contributed by atoms with Crippen molar-refractivity contribution in [1.29, 1.82) is 5.26 Å². The molecule has 2 unspecified atom stereocenters. The molecule has 0 amide bonds. The zero-order valence-corrected chi connectivity index (χ0v) is 15.7. The number of aliphatic hydroxyl groups is 1. The Morgan fingerprint density at radius 3 is 2.61 bits per heavy atom. The highest BCUT2D eigenvalue weighted by Gasteiger charge is 2.46. The summed E-state index contributed by atoms with van der Waals surface area (Å²) in [5.41, 5.74) is 1.21. The number of benzene rings is 1. The Morgan fingerprint density at radius 2 is 2.00 bits per heavy atom. The van der Waals surface area contributed by atoms with Crippen molar-refractivity contribution in [2.24, 2.45) is 0 Å². The van der Waals surface area contributed by atoms with Crippen molar-refractivity contribution in [3.63, 3.8) is 0 Å². The highest BCUT2D eigenvalue weighted by molar-refractivity contribution is 5.99. The molecule has 2 saturated heterocycles. The summed E-state index contributed by atoms with van der Waals surface area (Å²) >= 11 is 0. The molecule has 0 saturated carbocycles. The van der Waals surface area contributed by atoms with Gasteiger partial charge in [0.1, 0.15) is 17.7 Å². The number of fused-ring (bicyclic) bond motifs is 2. The minimum atomic E-state index is -0.804. The first kappa shape index (κ1) is 18.8. The third kappa shape index (κ3) is 2.84. The fourth-order valence-corrected chi connectivity index (χ4v) is 4.77. The predicted molar refractivity (Wildman–Crippen MR) is 98.3 cm³/mol. The van der Waals surface area contributed by atoms with Crippen LogP contribution in [0.15, 0.2) is 18.2 Å². The van der Waals surface area contributed by atoms with Crippen LogP contribution < -0.4 is 0 Å². The second-order valence-electron chi connectivity index (χ2n) is 7.71. The molecule has 3 heterocycles. The molecule has 0 radical (unpaired) electrons.